The third-order valence-corrected chi connectivity index (χ3v) is 5.66. The number of nitrogens with zero attached hydrogens (tertiary/aromatic N) is 4. The van der Waals surface area contributed by atoms with Crippen molar-refractivity contribution in [3.63, 3.8) is 0 Å². The number of nitrogen functional groups attached to an aromatic ring is 1. The van der Waals surface area contributed by atoms with Crippen molar-refractivity contribution in [3.05, 3.63) is 12.7 Å². The second-order valence-electron chi connectivity index (χ2n) is 5.40. The molecule has 5 atom stereocenters. The van der Waals surface area contributed by atoms with Crippen molar-refractivity contribution in [2.24, 2.45) is 0 Å². The van der Waals surface area contributed by atoms with Crippen LogP contribution in [0, 0.1) is 0 Å². The van der Waals surface area contributed by atoms with Gasteiger partial charge in [0.1, 0.15) is 30.2 Å². The number of ether oxygens (including phenoxy) is 1. The average Bonchev–Trinajstić information content (AvgIpc) is 3.07. The van der Waals surface area contributed by atoms with Gasteiger partial charge in [-0.25, -0.2) is 15.0 Å². The summed E-state index contributed by atoms with van der Waals surface area (Å²) >= 11 is 0. The Labute approximate surface area is 166 Å². The minimum absolute atomic E-state index is 0. The molecule has 0 aromatic carbocycles. The molecule has 1 aliphatic rings. The number of imidazole rings is 1. The van der Waals surface area contributed by atoms with Crippen LogP contribution < -0.4 is 20.4 Å². The number of nitrogens with two attached hydrogens (primary N) is 1. The van der Waals surface area contributed by atoms with E-state index in [1.165, 1.54) is 10.9 Å². The first-order valence-corrected chi connectivity index (χ1v) is 10.0. The number of fused-ring (bicyclic) bond motifs is 1. The van der Waals surface area contributed by atoms with Crippen molar-refractivity contribution in [3.8, 4) is 0 Å². The normalized spacial score (nSPS) is 27.5. The summed E-state index contributed by atoms with van der Waals surface area (Å²) in [7, 11) is -11.4. The van der Waals surface area contributed by atoms with E-state index in [9.17, 15) is 34.0 Å². The molecule has 1 aliphatic heterocycles. The maximum absolute atomic E-state index is 11.3. The Morgan fingerprint density at radius 2 is 1.89 bits per heavy atom. The largest absolute Gasteiger partial charge is 3.00 e. The number of hydrogen-bond acceptors (Lipinski definition) is 14. The van der Waals surface area contributed by atoms with E-state index < -0.39 is 46.8 Å². The van der Waals surface area contributed by atoms with Gasteiger partial charge >= 0.3 is 17.1 Å². The van der Waals surface area contributed by atoms with Gasteiger partial charge in [-0.15, -0.1) is 0 Å². The van der Waals surface area contributed by atoms with Gasteiger partial charge in [0.25, 0.3) is 7.82 Å². The molecule has 0 aliphatic carbocycles. The molecule has 3 heterocycles. The summed E-state index contributed by atoms with van der Waals surface area (Å²) < 4.78 is 35.7. The minimum Gasteiger partial charge on any atom is -0.790 e. The fraction of sp³-hybridized carbons (Fsp3) is 0.500. The maximum atomic E-state index is 11.3. The minimum atomic E-state index is -5.85. The molecule has 28 heavy (non-hydrogen) atoms. The molecule has 0 amide bonds. The molecule has 0 bridgehead atoms. The van der Waals surface area contributed by atoms with E-state index in [2.05, 4.69) is 23.8 Å². The Morgan fingerprint density at radius 1 is 1.21 bits per heavy atom. The second kappa shape index (κ2) is 8.40. The molecule has 0 radical (unpaired) electrons. The van der Waals surface area contributed by atoms with Crippen molar-refractivity contribution in [2.75, 3.05) is 12.3 Å². The standard InChI is InChI=1S/C10H15N5O10P2.Mn/c11-8-5-9(13-2-12-8)15(3-14-5)10-7(17)6(16)4(24-10)1-23-27(21,22)25-26(18,19)20;/h2-4,6-7,10,16-17H,1H2,(H,21,22)(H2,11,12,13)(H2,18,19,20);/q;+3/p-3/t4-,6-,7-,10-;/m1./s1. The van der Waals surface area contributed by atoms with Gasteiger partial charge in [0.2, 0.25) is 0 Å². The van der Waals surface area contributed by atoms with Crippen LogP contribution in [0.5, 0.6) is 0 Å². The van der Waals surface area contributed by atoms with Crippen molar-refractivity contribution in [1.29, 1.82) is 0 Å². The van der Waals surface area contributed by atoms with Gasteiger partial charge in [-0.2, -0.15) is 0 Å². The van der Waals surface area contributed by atoms with E-state index in [1.54, 1.807) is 0 Å². The van der Waals surface area contributed by atoms with Gasteiger partial charge in [0.15, 0.2) is 17.7 Å². The van der Waals surface area contributed by atoms with Gasteiger partial charge in [0, 0.05) is 0 Å². The fourth-order valence-corrected chi connectivity index (χ4v) is 3.96. The van der Waals surface area contributed by atoms with Crippen molar-refractivity contribution in [1.82, 2.24) is 19.5 Å². The molecule has 1 unspecified atom stereocenters. The van der Waals surface area contributed by atoms with Crippen LogP contribution in [-0.4, -0.2) is 54.7 Å². The Morgan fingerprint density at radius 3 is 2.54 bits per heavy atom. The molecule has 0 spiro atoms. The van der Waals surface area contributed by atoms with Crippen LogP contribution in [0.3, 0.4) is 0 Å². The zero-order valence-electron chi connectivity index (χ0n) is 13.5. The first-order valence-electron chi connectivity index (χ1n) is 7.12. The topological polar surface area (TPSA) is 241 Å². The first-order chi connectivity index (χ1) is 12.5. The number of anilines is 1. The Kier molecular flexibility index (Phi) is 6.99. The monoisotopic (exact) mass is 479 g/mol. The molecule has 1 saturated heterocycles. The van der Waals surface area contributed by atoms with Crippen LogP contribution >= 0.6 is 15.6 Å². The third-order valence-electron chi connectivity index (χ3n) is 3.60. The van der Waals surface area contributed by atoms with E-state index in [4.69, 9.17) is 10.5 Å². The zero-order chi connectivity index (χ0) is 20.0. The molecule has 4 N–H and O–H groups in total. The van der Waals surface area contributed by atoms with E-state index in [0.29, 0.717) is 0 Å². The summed E-state index contributed by atoms with van der Waals surface area (Å²) in [5.41, 5.74) is 6.04. The molecule has 0 saturated carbocycles. The molecule has 1 fully saturated rings. The Hall–Kier alpha value is -0.991. The van der Waals surface area contributed by atoms with Crippen molar-refractivity contribution < 1.29 is 64.7 Å². The molecular weight excluding hydrogens is 467 g/mol. The molecule has 2 aromatic heterocycles. The molecular formula is C10H12MnN5O10P2. The first kappa shape index (κ1) is 23.3. The zero-order valence-corrected chi connectivity index (χ0v) is 16.4. The second-order valence-corrected chi connectivity index (χ2v) is 8.10. The summed E-state index contributed by atoms with van der Waals surface area (Å²) in [6.45, 7) is -0.931. The van der Waals surface area contributed by atoms with Crippen LogP contribution in [-0.2, 0) is 39.8 Å². The summed E-state index contributed by atoms with van der Waals surface area (Å²) in [5.74, 6) is 0.0655. The summed E-state index contributed by atoms with van der Waals surface area (Å²) in [5, 5.41) is 20.2. The Balaban J connectivity index is 0.00000280. The van der Waals surface area contributed by atoms with Crippen LogP contribution in [0.15, 0.2) is 12.7 Å². The SMILES string of the molecule is Nc1ncnc2c1ncn2[C@@H]1O[C@H](COP(=O)([O-])OP(=O)([O-])[O-])[C@@H](O)[C@H]1O.[Mn+3]. The van der Waals surface area contributed by atoms with Crippen LogP contribution in [0.25, 0.3) is 11.2 Å². The molecule has 2 aromatic rings. The smallest absolute Gasteiger partial charge is 0.790 e. The Bertz CT molecular complexity index is 938. The van der Waals surface area contributed by atoms with Gasteiger partial charge in [0.05, 0.1) is 20.8 Å². The number of phosphoric ester groups is 1. The van der Waals surface area contributed by atoms with Crippen molar-refractivity contribution in [2.45, 2.75) is 24.5 Å². The quantitative estimate of drug-likeness (QED) is 0.267. The van der Waals surface area contributed by atoms with Crippen LogP contribution in [0.2, 0.25) is 0 Å². The van der Waals surface area contributed by atoms with Crippen molar-refractivity contribution >= 4 is 32.6 Å². The number of hydrogen-bond donors (Lipinski definition) is 3. The number of phosphoric acid groups is 2. The number of rotatable bonds is 6. The van der Waals surface area contributed by atoms with Gasteiger partial charge < -0.3 is 44.5 Å². The molecule has 15 nitrogen and oxygen atoms in total. The van der Waals surface area contributed by atoms with Gasteiger partial charge in [-0.3, -0.25) is 13.4 Å². The summed E-state index contributed by atoms with van der Waals surface area (Å²) in [6, 6.07) is 0. The van der Waals surface area contributed by atoms with E-state index in [0.717, 1.165) is 6.33 Å². The summed E-state index contributed by atoms with van der Waals surface area (Å²) in [4.78, 5) is 43.7. The van der Waals surface area contributed by atoms with Crippen LogP contribution in [0.4, 0.5) is 5.82 Å². The van der Waals surface area contributed by atoms with E-state index in [-0.39, 0.29) is 34.1 Å². The predicted molar refractivity (Wildman–Crippen MR) is 77.9 cm³/mol. The van der Waals surface area contributed by atoms with Gasteiger partial charge in [-0.1, -0.05) is 0 Å². The number of aromatic nitrogens is 4. The van der Waals surface area contributed by atoms with Gasteiger partial charge in [-0.05, 0) is 0 Å². The van der Waals surface area contributed by atoms with E-state index >= 15 is 0 Å². The van der Waals surface area contributed by atoms with E-state index in [1.807, 2.05) is 0 Å². The maximum Gasteiger partial charge on any atom is 3.00 e. The number of aliphatic hydroxyl groups excluding tert-OH is 2. The fourth-order valence-electron chi connectivity index (χ4n) is 2.46. The third kappa shape index (κ3) is 4.94. The predicted octanol–water partition coefficient (Wildman–Crippen LogP) is -3.64. The molecule has 3 rings (SSSR count). The molecule has 154 valence electrons. The van der Waals surface area contributed by atoms with Crippen LogP contribution in [0.1, 0.15) is 6.23 Å². The number of aliphatic hydroxyl groups is 2. The molecule has 18 heteroatoms. The average molecular weight is 479 g/mol. The summed E-state index contributed by atoms with van der Waals surface area (Å²) in [6.07, 6.45) is -3.48.